The zero-order valence-corrected chi connectivity index (χ0v) is 13.2. The SMILES string of the molecule is O=C(NC[C@@H]1CCOC1)c1ccc(C#Cc2ccc(F)cc2)cc1. The summed E-state index contributed by atoms with van der Waals surface area (Å²) in [6, 6.07) is 13.2. The molecule has 3 nitrogen and oxygen atoms in total. The van der Waals surface area contributed by atoms with E-state index in [1.165, 1.54) is 12.1 Å². The van der Waals surface area contributed by atoms with E-state index in [4.69, 9.17) is 4.74 Å². The molecular weight excluding hydrogens is 305 g/mol. The molecule has 1 amide bonds. The number of nitrogens with one attached hydrogen (secondary N) is 1. The minimum absolute atomic E-state index is 0.0834. The van der Waals surface area contributed by atoms with Gasteiger partial charge in [0.05, 0.1) is 6.61 Å². The van der Waals surface area contributed by atoms with Crippen LogP contribution in [0.2, 0.25) is 0 Å². The predicted molar refractivity (Wildman–Crippen MR) is 90.1 cm³/mol. The van der Waals surface area contributed by atoms with Crippen molar-refractivity contribution in [2.45, 2.75) is 6.42 Å². The number of benzene rings is 2. The molecular formula is C20H18FNO2. The topological polar surface area (TPSA) is 38.3 Å². The summed E-state index contributed by atoms with van der Waals surface area (Å²) in [6.45, 7) is 2.14. The van der Waals surface area contributed by atoms with Crippen molar-refractivity contribution in [3.63, 3.8) is 0 Å². The molecule has 0 aliphatic carbocycles. The lowest BCUT2D eigenvalue weighted by molar-refractivity contribution is 0.0945. The Bertz CT molecular complexity index is 751. The van der Waals surface area contributed by atoms with Crippen molar-refractivity contribution < 1.29 is 13.9 Å². The van der Waals surface area contributed by atoms with E-state index in [-0.39, 0.29) is 11.7 Å². The average molecular weight is 323 g/mol. The lowest BCUT2D eigenvalue weighted by atomic mass is 10.1. The van der Waals surface area contributed by atoms with Gasteiger partial charge in [-0.3, -0.25) is 4.79 Å². The fraction of sp³-hybridized carbons (Fsp3) is 0.250. The van der Waals surface area contributed by atoms with Crippen molar-refractivity contribution in [1.29, 1.82) is 0 Å². The highest BCUT2D eigenvalue weighted by molar-refractivity contribution is 5.94. The third kappa shape index (κ3) is 4.43. The van der Waals surface area contributed by atoms with Gasteiger partial charge in [-0.15, -0.1) is 0 Å². The largest absolute Gasteiger partial charge is 0.381 e. The van der Waals surface area contributed by atoms with Crippen molar-refractivity contribution >= 4 is 5.91 Å². The van der Waals surface area contributed by atoms with Crippen LogP contribution in [0.25, 0.3) is 0 Å². The minimum atomic E-state index is -0.278. The first-order chi connectivity index (χ1) is 11.7. The summed E-state index contributed by atoms with van der Waals surface area (Å²) in [5.74, 6) is 6.02. The quantitative estimate of drug-likeness (QED) is 0.882. The first-order valence-electron chi connectivity index (χ1n) is 7.94. The van der Waals surface area contributed by atoms with Gasteiger partial charge in [0.25, 0.3) is 5.91 Å². The van der Waals surface area contributed by atoms with E-state index in [0.29, 0.717) is 18.0 Å². The Kier molecular flexibility index (Phi) is 5.25. The summed E-state index contributed by atoms with van der Waals surface area (Å²) >= 11 is 0. The first kappa shape index (κ1) is 16.2. The molecule has 122 valence electrons. The Morgan fingerprint density at radius 3 is 2.29 bits per heavy atom. The van der Waals surface area contributed by atoms with Crippen molar-refractivity contribution in [3.05, 3.63) is 71.0 Å². The van der Waals surface area contributed by atoms with Gasteiger partial charge in [0.15, 0.2) is 0 Å². The van der Waals surface area contributed by atoms with Crippen LogP contribution >= 0.6 is 0 Å². The molecule has 1 heterocycles. The lowest BCUT2D eigenvalue weighted by Crippen LogP contribution is -2.29. The highest BCUT2D eigenvalue weighted by atomic mass is 19.1. The van der Waals surface area contributed by atoms with Gasteiger partial charge in [-0.25, -0.2) is 4.39 Å². The normalized spacial score (nSPS) is 16.3. The second-order valence-electron chi connectivity index (χ2n) is 5.77. The van der Waals surface area contributed by atoms with E-state index in [1.54, 1.807) is 24.3 Å². The van der Waals surface area contributed by atoms with Gasteiger partial charge in [0, 0.05) is 35.8 Å². The third-order valence-electron chi connectivity index (χ3n) is 3.92. The Morgan fingerprint density at radius 2 is 1.71 bits per heavy atom. The molecule has 0 spiro atoms. The van der Waals surface area contributed by atoms with Crippen molar-refractivity contribution in [3.8, 4) is 11.8 Å². The Morgan fingerprint density at radius 1 is 1.08 bits per heavy atom. The zero-order valence-electron chi connectivity index (χ0n) is 13.2. The molecule has 1 aliphatic heterocycles. The zero-order chi connectivity index (χ0) is 16.8. The van der Waals surface area contributed by atoms with Gasteiger partial charge in [-0.1, -0.05) is 11.8 Å². The summed E-state index contributed by atoms with van der Waals surface area (Å²) in [4.78, 5) is 12.1. The molecule has 0 aromatic heterocycles. The summed E-state index contributed by atoms with van der Waals surface area (Å²) in [6.07, 6.45) is 0.998. The molecule has 24 heavy (non-hydrogen) atoms. The molecule has 1 N–H and O–H groups in total. The number of hydrogen-bond acceptors (Lipinski definition) is 2. The second kappa shape index (κ2) is 7.76. The number of ether oxygens (including phenoxy) is 1. The number of carbonyl (C=O) groups is 1. The highest BCUT2D eigenvalue weighted by Crippen LogP contribution is 2.11. The molecule has 0 radical (unpaired) electrons. The van der Waals surface area contributed by atoms with E-state index in [1.807, 2.05) is 12.1 Å². The van der Waals surface area contributed by atoms with E-state index in [0.717, 1.165) is 30.8 Å². The molecule has 1 aliphatic rings. The van der Waals surface area contributed by atoms with E-state index >= 15 is 0 Å². The van der Waals surface area contributed by atoms with Crippen molar-refractivity contribution in [2.24, 2.45) is 5.92 Å². The first-order valence-corrected chi connectivity index (χ1v) is 7.94. The Labute approximate surface area is 140 Å². The van der Waals surface area contributed by atoms with Crippen molar-refractivity contribution in [1.82, 2.24) is 5.32 Å². The Balaban J connectivity index is 1.58. The standard InChI is InChI=1S/C20H18FNO2/c21-19-9-5-16(6-10-19)2-1-15-3-7-18(8-4-15)20(23)22-13-17-11-12-24-14-17/h3-10,17H,11-14H2,(H,22,23)/t17-/m0/s1. The van der Waals surface area contributed by atoms with E-state index in [9.17, 15) is 9.18 Å². The van der Waals surface area contributed by atoms with Crippen LogP contribution in [0.4, 0.5) is 4.39 Å². The van der Waals surface area contributed by atoms with Gasteiger partial charge in [0.1, 0.15) is 5.82 Å². The summed E-state index contributed by atoms with van der Waals surface area (Å²) < 4.78 is 18.1. The number of amides is 1. The monoisotopic (exact) mass is 323 g/mol. The van der Waals surface area contributed by atoms with Crippen LogP contribution < -0.4 is 5.32 Å². The fourth-order valence-corrected chi connectivity index (χ4v) is 2.47. The van der Waals surface area contributed by atoms with Crippen LogP contribution in [-0.2, 0) is 4.74 Å². The smallest absolute Gasteiger partial charge is 0.251 e. The molecule has 0 unspecified atom stereocenters. The summed E-state index contributed by atoms with van der Waals surface area (Å²) in [7, 11) is 0. The van der Waals surface area contributed by atoms with Crippen LogP contribution in [0.5, 0.6) is 0 Å². The predicted octanol–water partition coefficient (Wildman–Crippen LogP) is 2.99. The van der Waals surface area contributed by atoms with Crippen molar-refractivity contribution in [2.75, 3.05) is 19.8 Å². The molecule has 1 fully saturated rings. The summed E-state index contributed by atoms with van der Waals surface area (Å²) in [5, 5.41) is 2.93. The van der Waals surface area contributed by atoms with E-state index in [2.05, 4.69) is 17.2 Å². The van der Waals surface area contributed by atoms with Gasteiger partial charge in [-0.05, 0) is 55.0 Å². The number of hydrogen-bond donors (Lipinski definition) is 1. The Hall–Kier alpha value is -2.64. The molecule has 0 bridgehead atoms. The van der Waals surface area contributed by atoms with Gasteiger partial charge >= 0.3 is 0 Å². The van der Waals surface area contributed by atoms with Crippen LogP contribution in [0, 0.1) is 23.6 Å². The van der Waals surface area contributed by atoms with Gasteiger partial charge < -0.3 is 10.1 Å². The average Bonchev–Trinajstić information content (AvgIpc) is 3.13. The molecule has 2 aromatic rings. The van der Waals surface area contributed by atoms with Crippen LogP contribution in [0.15, 0.2) is 48.5 Å². The van der Waals surface area contributed by atoms with Gasteiger partial charge in [0.2, 0.25) is 0 Å². The summed E-state index contributed by atoms with van der Waals surface area (Å²) in [5.41, 5.74) is 2.17. The van der Waals surface area contributed by atoms with Crippen LogP contribution in [-0.4, -0.2) is 25.7 Å². The number of halogens is 1. The second-order valence-corrected chi connectivity index (χ2v) is 5.77. The van der Waals surface area contributed by atoms with E-state index < -0.39 is 0 Å². The fourth-order valence-electron chi connectivity index (χ4n) is 2.47. The molecule has 1 saturated heterocycles. The maximum Gasteiger partial charge on any atom is 0.251 e. The molecule has 2 aromatic carbocycles. The number of rotatable bonds is 3. The molecule has 3 rings (SSSR count). The maximum absolute atomic E-state index is 12.8. The maximum atomic E-state index is 12.8. The van der Waals surface area contributed by atoms with Crippen LogP contribution in [0.3, 0.4) is 0 Å². The van der Waals surface area contributed by atoms with Gasteiger partial charge in [-0.2, -0.15) is 0 Å². The lowest BCUT2D eigenvalue weighted by Gasteiger charge is -2.09. The third-order valence-corrected chi connectivity index (χ3v) is 3.92. The molecule has 4 heteroatoms. The molecule has 0 saturated carbocycles. The number of carbonyl (C=O) groups excluding carboxylic acids is 1. The van der Waals surface area contributed by atoms with Crippen LogP contribution in [0.1, 0.15) is 27.9 Å². The highest BCUT2D eigenvalue weighted by Gasteiger charge is 2.16. The minimum Gasteiger partial charge on any atom is -0.381 e. The molecule has 1 atom stereocenters.